The summed E-state index contributed by atoms with van der Waals surface area (Å²) >= 11 is 0. The predicted molar refractivity (Wildman–Crippen MR) is 93.2 cm³/mol. The second-order valence-corrected chi connectivity index (χ2v) is 6.06. The Morgan fingerprint density at radius 3 is 2.92 bits per heavy atom. The van der Waals surface area contributed by atoms with E-state index in [-0.39, 0.29) is 5.91 Å². The van der Waals surface area contributed by atoms with Gasteiger partial charge in [0.05, 0.1) is 6.61 Å². The van der Waals surface area contributed by atoms with Crippen molar-refractivity contribution in [2.75, 3.05) is 25.0 Å². The molecule has 0 aliphatic carbocycles. The van der Waals surface area contributed by atoms with E-state index in [2.05, 4.69) is 22.7 Å². The van der Waals surface area contributed by atoms with Gasteiger partial charge in [-0.1, -0.05) is 13.0 Å². The molecule has 0 bridgehead atoms. The van der Waals surface area contributed by atoms with Gasteiger partial charge in [0.15, 0.2) is 0 Å². The predicted octanol–water partition coefficient (Wildman–Crippen LogP) is 2.39. The van der Waals surface area contributed by atoms with Crippen molar-refractivity contribution >= 4 is 11.6 Å². The molecule has 2 N–H and O–H groups in total. The van der Waals surface area contributed by atoms with Gasteiger partial charge in [0.1, 0.15) is 11.3 Å². The molecule has 6 heteroatoms. The summed E-state index contributed by atoms with van der Waals surface area (Å²) in [5.41, 5.74) is 0.105. The Hall–Kier alpha value is -2.34. The third-order valence-electron chi connectivity index (χ3n) is 4.36. The van der Waals surface area contributed by atoms with Gasteiger partial charge in [0.2, 0.25) is 0 Å². The number of hydrogen-bond acceptors (Lipinski definition) is 4. The lowest BCUT2D eigenvalue weighted by Crippen LogP contribution is -2.52. The number of aromatic nitrogens is 2. The molecule has 1 aliphatic heterocycles. The molecule has 24 heavy (non-hydrogen) atoms. The summed E-state index contributed by atoms with van der Waals surface area (Å²) in [4.78, 5) is 13.1. The van der Waals surface area contributed by atoms with Crippen LogP contribution < -0.4 is 15.4 Å². The third kappa shape index (κ3) is 3.43. The lowest BCUT2D eigenvalue weighted by Gasteiger charge is -2.36. The van der Waals surface area contributed by atoms with E-state index in [1.807, 2.05) is 36.5 Å². The molecule has 128 valence electrons. The normalized spacial score (nSPS) is 16.5. The van der Waals surface area contributed by atoms with E-state index in [1.54, 1.807) is 10.9 Å². The lowest BCUT2D eigenvalue weighted by molar-refractivity contribution is -0.126. The summed E-state index contributed by atoms with van der Waals surface area (Å²) < 4.78 is 7.43. The second kappa shape index (κ2) is 7.49. The van der Waals surface area contributed by atoms with E-state index in [4.69, 9.17) is 4.74 Å². The molecule has 6 nitrogen and oxygen atoms in total. The summed E-state index contributed by atoms with van der Waals surface area (Å²) in [7, 11) is 0. The molecule has 2 heterocycles. The SMILES string of the molecule is CCCOc1cccc(NC(=O)C2(n3cccn3)CCNCC2)c1. The highest BCUT2D eigenvalue weighted by Gasteiger charge is 2.42. The molecule has 1 amide bonds. The van der Waals surface area contributed by atoms with Crippen molar-refractivity contribution in [1.82, 2.24) is 15.1 Å². The minimum Gasteiger partial charge on any atom is -0.494 e. The number of ether oxygens (including phenoxy) is 1. The molecule has 1 saturated heterocycles. The van der Waals surface area contributed by atoms with Gasteiger partial charge in [0, 0.05) is 24.1 Å². The van der Waals surface area contributed by atoms with Crippen molar-refractivity contribution < 1.29 is 9.53 Å². The van der Waals surface area contributed by atoms with E-state index in [0.717, 1.165) is 30.9 Å². The van der Waals surface area contributed by atoms with Gasteiger partial charge in [-0.3, -0.25) is 9.48 Å². The zero-order valence-corrected chi connectivity index (χ0v) is 14.0. The van der Waals surface area contributed by atoms with Crippen LogP contribution in [-0.2, 0) is 10.3 Å². The van der Waals surface area contributed by atoms with Crippen molar-refractivity contribution in [3.05, 3.63) is 42.7 Å². The first-order chi connectivity index (χ1) is 11.7. The third-order valence-corrected chi connectivity index (χ3v) is 4.36. The number of anilines is 1. The van der Waals surface area contributed by atoms with Gasteiger partial charge in [-0.25, -0.2) is 0 Å². The van der Waals surface area contributed by atoms with Gasteiger partial charge < -0.3 is 15.4 Å². The van der Waals surface area contributed by atoms with Crippen LogP contribution in [0.5, 0.6) is 5.75 Å². The van der Waals surface area contributed by atoms with Crippen LogP contribution >= 0.6 is 0 Å². The molecule has 1 aliphatic rings. The molecule has 0 atom stereocenters. The molecule has 1 fully saturated rings. The fraction of sp³-hybridized carbons (Fsp3) is 0.444. The van der Waals surface area contributed by atoms with Crippen molar-refractivity contribution in [3.63, 3.8) is 0 Å². The van der Waals surface area contributed by atoms with Gasteiger partial charge in [-0.05, 0) is 50.6 Å². The Kier molecular flexibility index (Phi) is 5.15. The number of piperidine rings is 1. The summed E-state index contributed by atoms with van der Waals surface area (Å²) in [6, 6.07) is 9.40. The fourth-order valence-electron chi connectivity index (χ4n) is 3.05. The van der Waals surface area contributed by atoms with Crippen LogP contribution in [0.15, 0.2) is 42.7 Å². The average Bonchev–Trinajstić information content (AvgIpc) is 3.16. The minimum atomic E-state index is -0.644. The van der Waals surface area contributed by atoms with Crippen LogP contribution in [0.1, 0.15) is 26.2 Å². The first-order valence-electron chi connectivity index (χ1n) is 8.50. The zero-order valence-electron chi connectivity index (χ0n) is 14.0. The summed E-state index contributed by atoms with van der Waals surface area (Å²) in [5.74, 6) is 0.744. The number of hydrogen-bond donors (Lipinski definition) is 2. The quantitative estimate of drug-likeness (QED) is 0.854. The van der Waals surface area contributed by atoms with Crippen molar-refractivity contribution in [2.24, 2.45) is 0 Å². The van der Waals surface area contributed by atoms with E-state index < -0.39 is 5.54 Å². The number of rotatable bonds is 6. The van der Waals surface area contributed by atoms with E-state index in [1.165, 1.54) is 0 Å². The highest BCUT2D eigenvalue weighted by molar-refractivity contribution is 5.96. The monoisotopic (exact) mass is 328 g/mol. The van der Waals surface area contributed by atoms with E-state index in [0.29, 0.717) is 19.4 Å². The molecule has 0 radical (unpaired) electrons. The first-order valence-corrected chi connectivity index (χ1v) is 8.50. The molecule has 3 rings (SSSR count). The molecule has 2 aromatic rings. The van der Waals surface area contributed by atoms with Crippen molar-refractivity contribution in [1.29, 1.82) is 0 Å². The molecule has 0 spiro atoms. The van der Waals surface area contributed by atoms with Crippen LogP contribution in [-0.4, -0.2) is 35.4 Å². The van der Waals surface area contributed by atoms with Crippen LogP contribution in [0.2, 0.25) is 0 Å². The van der Waals surface area contributed by atoms with Crippen molar-refractivity contribution in [3.8, 4) is 5.75 Å². The Bertz CT molecular complexity index is 663. The van der Waals surface area contributed by atoms with Gasteiger partial charge >= 0.3 is 0 Å². The summed E-state index contributed by atoms with van der Waals surface area (Å²) in [6.07, 6.45) is 5.97. The second-order valence-electron chi connectivity index (χ2n) is 6.06. The number of amides is 1. The maximum Gasteiger partial charge on any atom is 0.252 e. The van der Waals surface area contributed by atoms with Crippen LogP contribution in [0.25, 0.3) is 0 Å². The Morgan fingerprint density at radius 1 is 1.38 bits per heavy atom. The number of carbonyl (C=O) groups excluding carboxylic acids is 1. The minimum absolute atomic E-state index is 0.0275. The average molecular weight is 328 g/mol. The fourth-order valence-corrected chi connectivity index (χ4v) is 3.05. The summed E-state index contributed by atoms with van der Waals surface area (Å²) in [5, 5.41) is 10.7. The van der Waals surface area contributed by atoms with E-state index in [9.17, 15) is 4.79 Å². The largest absolute Gasteiger partial charge is 0.494 e. The van der Waals surface area contributed by atoms with Crippen molar-refractivity contribution in [2.45, 2.75) is 31.7 Å². The highest BCUT2D eigenvalue weighted by atomic mass is 16.5. The standard InChI is InChI=1S/C18H24N4O2/c1-2-13-24-16-6-3-5-15(14-16)21-17(23)18(7-10-19-11-8-18)22-12-4-9-20-22/h3-6,9,12,14,19H,2,7-8,10-11,13H2,1H3,(H,21,23). The summed E-state index contributed by atoms with van der Waals surface area (Å²) in [6.45, 7) is 4.33. The molecular formula is C18H24N4O2. The maximum atomic E-state index is 13.1. The zero-order chi connectivity index (χ0) is 16.8. The smallest absolute Gasteiger partial charge is 0.252 e. The van der Waals surface area contributed by atoms with Crippen LogP contribution in [0.3, 0.4) is 0 Å². The maximum absolute atomic E-state index is 13.1. The molecule has 1 aromatic carbocycles. The number of carbonyl (C=O) groups is 1. The lowest BCUT2D eigenvalue weighted by atomic mass is 9.87. The van der Waals surface area contributed by atoms with Crippen LogP contribution in [0.4, 0.5) is 5.69 Å². The molecule has 1 aromatic heterocycles. The Labute approximate surface area is 142 Å². The topological polar surface area (TPSA) is 68.2 Å². The number of nitrogens with one attached hydrogen (secondary N) is 2. The highest BCUT2D eigenvalue weighted by Crippen LogP contribution is 2.29. The van der Waals surface area contributed by atoms with E-state index >= 15 is 0 Å². The Morgan fingerprint density at radius 2 is 2.21 bits per heavy atom. The Balaban J connectivity index is 1.79. The molecule has 0 saturated carbocycles. The van der Waals surface area contributed by atoms with Gasteiger partial charge in [0.25, 0.3) is 5.91 Å². The number of benzene rings is 1. The van der Waals surface area contributed by atoms with Gasteiger partial charge in [-0.15, -0.1) is 0 Å². The molecule has 0 unspecified atom stereocenters. The first kappa shape index (κ1) is 16.5. The van der Waals surface area contributed by atoms with Crippen LogP contribution in [0, 0.1) is 0 Å². The molecular weight excluding hydrogens is 304 g/mol. The van der Waals surface area contributed by atoms with Gasteiger partial charge in [-0.2, -0.15) is 5.10 Å². The number of nitrogens with zero attached hydrogens (tertiary/aromatic N) is 2.